The van der Waals surface area contributed by atoms with Crippen molar-refractivity contribution in [1.29, 1.82) is 0 Å². The summed E-state index contributed by atoms with van der Waals surface area (Å²) < 4.78 is 25.6. The van der Waals surface area contributed by atoms with E-state index in [1.165, 1.54) is 12.1 Å². The fourth-order valence-corrected chi connectivity index (χ4v) is 3.09. The fraction of sp³-hybridized carbons (Fsp3) is 0.308. The van der Waals surface area contributed by atoms with Crippen LogP contribution in [0.15, 0.2) is 35.7 Å². The third-order valence-corrected chi connectivity index (χ3v) is 4.40. The van der Waals surface area contributed by atoms with Crippen LogP contribution in [-0.2, 0) is 14.8 Å². The van der Waals surface area contributed by atoms with Gasteiger partial charge in [0.15, 0.2) is 0 Å². The third kappa shape index (κ3) is 3.90. The molecule has 0 aliphatic heterocycles. The molecule has 0 heterocycles. The van der Waals surface area contributed by atoms with E-state index in [1.54, 1.807) is 25.1 Å². The summed E-state index contributed by atoms with van der Waals surface area (Å²) in [6.45, 7) is 5.04. The molecule has 1 N–H and O–H groups in total. The number of benzene rings is 1. The van der Waals surface area contributed by atoms with Gasteiger partial charge >= 0.3 is 5.97 Å². The summed E-state index contributed by atoms with van der Waals surface area (Å²) in [5, 5.41) is 8.78. The lowest BCUT2D eigenvalue weighted by Crippen LogP contribution is -2.36. The second-order valence-electron chi connectivity index (χ2n) is 4.01. The van der Waals surface area contributed by atoms with Gasteiger partial charge in [-0.2, -0.15) is 4.31 Å². The van der Waals surface area contributed by atoms with Crippen LogP contribution < -0.4 is 0 Å². The van der Waals surface area contributed by atoms with E-state index < -0.39 is 22.5 Å². The molecule has 5 nitrogen and oxygen atoms in total. The lowest BCUT2D eigenvalue weighted by atomic mass is 10.2. The lowest BCUT2D eigenvalue weighted by Gasteiger charge is -2.19. The van der Waals surface area contributed by atoms with Crippen molar-refractivity contribution in [3.63, 3.8) is 0 Å². The van der Waals surface area contributed by atoms with Gasteiger partial charge in [-0.25, -0.2) is 8.42 Å². The number of nitrogens with zero attached hydrogens (tertiary/aromatic N) is 1. The summed E-state index contributed by atoms with van der Waals surface area (Å²) in [6.07, 6.45) is 2.16. The number of carboxylic acids is 1. The summed E-state index contributed by atoms with van der Waals surface area (Å²) in [5.41, 5.74) is 0.805. The average molecular weight is 283 g/mol. The van der Waals surface area contributed by atoms with Gasteiger partial charge in [-0.05, 0) is 24.1 Å². The molecule has 6 heteroatoms. The molecule has 0 saturated heterocycles. The molecule has 19 heavy (non-hydrogen) atoms. The largest absolute Gasteiger partial charge is 0.480 e. The van der Waals surface area contributed by atoms with Crippen LogP contribution in [0.2, 0.25) is 0 Å². The molecule has 1 aromatic carbocycles. The van der Waals surface area contributed by atoms with E-state index in [0.29, 0.717) is 6.42 Å². The van der Waals surface area contributed by atoms with Crippen molar-refractivity contribution in [2.24, 2.45) is 0 Å². The first kappa shape index (κ1) is 15.4. The molecule has 104 valence electrons. The first-order valence-electron chi connectivity index (χ1n) is 5.86. The molecule has 0 radical (unpaired) electrons. The fourth-order valence-electron chi connectivity index (χ4n) is 1.61. The van der Waals surface area contributed by atoms with Gasteiger partial charge in [0.2, 0.25) is 10.0 Å². The van der Waals surface area contributed by atoms with E-state index in [0.717, 1.165) is 9.87 Å². The lowest BCUT2D eigenvalue weighted by molar-refractivity contribution is -0.137. The van der Waals surface area contributed by atoms with Crippen LogP contribution in [0.3, 0.4) is 0 Å². The quantitative estimate of drug-likeness (QED) is 0.828. The maximum Gasteiger partial charge on any atom is 0.318 e. The van der Waals surface area contributed by atoms with Gasteiger partial charge in [-0.1, -0.05) is 31.7 Å². The Morgan fingerprint density at radius 2 is 1.95 bits per heavy atom. The highest BCUT2D eigenvalue weighted by Gasteiger charge is 2.25. The molecule has 0 atom stereocenters. The number of carbonyl (C=O) groups is 1. The van der Waals surface area contributed by atoms with Crippen LogP contribution in [0.5, 0.6) is 0 Å². The Kier molecular flexibility index (Phi) is 5.26. The second-order valence-corrected chi connectivity index (χ2v) is 5.94. The Hall–Kier alpha value is -1.66. The van der Waals surface area contributed by atoms with Gasteiger partial charge in [0.25, 0.3) is 0 Å². The molecule has 1 rings (SSSR count). The zero-order valence-corrected chi connectivity index (χ0v) is 11.6. The first-order chi connectivity index (χ1) is 8.91. The Balaban J connectivity index is 3.10. The third-order valence-electron chi connectivity index (χ3n) is 2.54. The van der Waals surface area contributed by atoms with Crippen molar-refractivity contribution in [1.82, 2.24) is 4.31 Å². The molecular formula is C13H17NO4S. The van der Waals surface area contributed by atoms with E-state index >= 15 is 0 Å². The zero-order chi connectivity index (χ0) is 14.5. The molecule has 0 bridgehead atoms. The van der Waals surface area contributed by atoms with E-state index in [4.69, 9.17) is 5.11 Å². The van der Waals surface area contributed by atoms with Gasteiger partial charge in [-0.3, -0.25) is 4.79 Å². The van der Waals surface area contributed by atoms with Gasteiger partial charge in [0.05, 0.1) is 4.90 Å². The summed E-state index contributed by atoms with van der Waals surface area (Å²) in [6, 6.07) is 6.17. The number of aliphatic carboxylic acids is 1. The maximum absolute atomic E-state index is 12.3. The zero-order valence-electron chi connectivity index (χ0n) is 10.7. The SMILES string of the molecule is C=Cc1ccc(S(=O)(=O)N(CCC)CC(=O)O)cc1. The minimum Gasteiger partial charge on any atom is -0.480 e. The van der Waals surface area contributed by atoms with Gasteiger partial charge in [0.1, 0.15) is 6.54 Å². The second kappa shape index (κ2) is 6.49. The van der Waals surface area contributed by atoms with E-state index in [1.807, 2.05) is 0 Å². The summed E-state index contributed by atoms with van der Waals surface area (Å²) >= 11 is 0. The average Bonchev–Trinajstić information content (AvgIpc) is 2.38. The monoisotopic (exact) mass is 283 g/mol. The number of hydrogen-bond acceptors (Lipinski definition) is 3. The van der Waals surface area contributed by atoms with Crippen LogP contribution in [0, 0.1) is 0 Å². The predicted molar refractivity (Wildman–Crippen MR) is 73.2 cm³/mol. The Labute approximate surface area is 113 Å². The Bertz CT molecular complexity index is 549. The van der Waals surface area contributed by atoms with Crippen molar-refractivity contribution >= 4 is 22.1 Å². The van der Waals surface area contributed by atoms with Crippen LogP contribution in [0.1, 0.15) is 18.9 Å². The van der Waals surface area contributed by atoms with E-state index in [2.05, 4.69) is 6.58 Å². The molecule has 0 fully saturated rings. The molecule has 0 amide bonds. The van der Waals surface area contributed by atoms with Crippen molar-refractivity contribution < 1.29 is 18.3 Å². The van der Waals surface area contributed by atoms with Crippen molar-refractivity contribution in [3.05, 3.63) is 36.4 Å². The van der Waals surface area contributed by atoms with Crippen LogP contribution >= 0.6 is 0 Å². The molecule has 1 aromatic rings. The summed E-state index contributed by atoms with van der Waals surface area (Å²) in [7, 11) is -3.77. The van der Waals surface area contributed by atoms with Crippen LogP contribution in [-0.4, -0.2) is 36.9 Å². The normalized spacial score (nSPS) is 11.5. The molecule has 0 aliphatic rings. The van der Waals surface area contributed by atoms with Gasteiger partial charge in [-0.15, -0.1) is 0 Å². The topological polar surface area (TPSA) is 74.7 Å². The molecule has 0 saturated carbocycles. The maximum atomic E-state index is 12.3. The Morgan fingerprint density at radius 3 is 2.37 bits per heavy atom. The van der Waals surface area contributed by atoms with Gasteiger partial charge < -0.3 is 5.11 Å². The number of rotatable bonds is 7. The van der Waals surface area contributed by atoms with Crippen LogP contribution in [0.25, 0.3) is 6.08 Å². The highest BCUT2D eigenvalue weighted by atomic mass is 32.2. The summed E-state index contributed by atoms with van der Waals surface area (Å²) in [4.78, 5) is 10.8. The minimum absolute atomic E-state index is 0.0906. The molecule has 0 aromatic heterocycles. The van der Waals surface area contributed by atoms with E-state index in [-0.39, 0.29) is 11.4 Å². The standard InChI is InChI=1S/C13H17NO4S/c1-3-9-14(10-13(15)16)19(17,18)12-7-5-11(4-2)6-8-12/h4-8H,2-3,9-10H2,1H3,(H,15,16). The Morgan fingerprint density at radius 1 is 1.37 bits per heavy atom. The number of carboxylic acid groups (broad SMARTS) is 1. The molecular weight excluding hydrogens is 266 g/mol. The van der Waals surface area contributed by atoms with Crippen molar-refractivity contribution in [3.8, 4) is 0 Å². The predicted octanol–water partition coefficient (Wildman–Crippen LogP) is 1.81. The first-order valence-corrected chi connectivity index (χ1v) is 7.30. The molecule has 0 aliphatic carbocycles. The highest BCUT2D eigenvalue weighted by molar-refractivity contribution is 7.89. The van der Waals surface area contributed by atoms with Crippen molar-refractivity contribution in [2.75, 3.05) is 13.1 Å². The minimum atomic E-state index is -3.77. The number of sulfonamides is 1. The van der Waals surface area contributed by atoms with Crippen LogP contribution in [0.4, 0.5) is 0 Å². The number of hydrogen-bond donors (Lipinski definition) is 1. The molecule has 0 spiro atoms. The van der Waals surface area contributed by atoms with Gasteiger partial charge in [0, 0.05) is 6.54 Å². The highest BCUT2D eigenvalue weighted by Crippen LogP contribution is 2.17. The smallest absolute Gasteiger partial charge is 0.318 e. The van der Waals surface area contributed by atoms with E-state index in [9.17, 15) is 13.2 Å². The summed E-state index contributed by atoms with van der Waals surface area (Å²) in [5.74, 6) is -1.17. The molecule has 0 unspecified atom stereocenters. The van der Waals surface area contributed by atoms with Crippen molar-refractivity contribution in [2.45, 2.75) is 18.2 Å².